The minimum Gasteiger partial charge on any atom is -0.308 e. The van der Waals surface area contributed by atoms with E-state index >= 15 is 0 Å². The van der Waals surface area contributed by atoms with Crippen LogP contribution in [0.1, 0.15) is 5.69 Å². The number of rotatable bonds is 3. The maximum absolute atomic E-state index is 12.3. The summed E-state index contributed by atoms with van der Waals surface area (Å²) in [5.41, 5.74) is 1.05. The average Bonchev–Trinajstić information content (AvgIpc) is 2.87. The van der Waals surface area contributed by atoms with Crippen LogP contribution in [0.4, 0.5) is 5.82 Å². The lowest BCUT2D eigenvalue weighted by molar-refractivity contribution is -0.116. The van der Waals surface area contributed by atoms with Gasteiger partial charge in [-0.3, -0.25) is 19.3 Å². The van der Waals surface area contributed by atoms with Gasteiger partial charge in [-0.2, -0.15) is 5.10 Å². The van der Waals surface area contributed by atoms with Crippen LogP contribution in [0.5, 0.6) is 0 Å². The predicted molar refractivity (Wildman–Crippen MR) is 83.0 cm³/mol. The van der Waals surface area contributed by atoms with Crippen molar-refractivity contribution in [1.29, 1.82) is 0 Å². The molecule has 0 spiro atoms. The van der Waals surface area contributed by atoms with Crippen LogP contribution in [0.25, 0.3) is 10.9 Å². The van der Waals surface area contributed by atoms with E-state index in [2.05, 4.69) is 20.5 Å². The van der Waals surface area contributed by atoms with Gasteiger partial charge in [0.05, 0.1) is 17.2 Å². The minimum atomic E-state index is -0.364. The molecule has 0 aliphatic heterocycles. The molecule has 2 heterocycles. The Morgan fingerprint density at radius 1 is 1.41 bits per heavy atom. The van der Waals surface area contributed by atoms with E-state index in [4.69, 9.17) is 11.6 Å². The third-order valence-corrected chi connectivity index (χ3v) is 3.31. The van der Waals surface area contributed by atoms with Gasteiger partial charge >= 0.3 is 0 Å². The Bertz CT molecular complexity index is 915. The third kappa shape index (κ3) is 2.84. The highest BCUT2D eigenvalue weighted by molar-refractivity contribution is 6.31. The molecule has 0 atom stereocenters. The lowest BCUT2D eigenvalue weighted by Gasteiger charge is -2.06. The highest BCUT2D eigenvalue weighted by atomic mass is 35.5. The monoisotopic (exact) mass is 317 g/mol. The quantitative estimate of drug-likeness (QED) is 0.769. The SMILES string of the molecule is Cc1cc(NC(=O)Cn2cnc3ccc(Cl)cc3c2=O)n[nH]1. The van der Waals surface area contributed by atoms with Gasteiger partial charge in [0.1, 0.15) is 6.54 Å². The Kier molecular flexibility index (Phi) is 3.64. The van der Waals surface area contributed by atoms with Crippen molar-refractivity contribution >= 4 is 34.2 Å². The van der Waals surface area contributed by atoms with Gasteiger partial charge in [-0.15, -0.1) is 0 Å². The molecule has 0 unspecified atom stereocenters. The number of carbonyl (C=O) groups is 1. The Balaban J connectivity index is 1.86. The minimum absolute atomic E-state index is 0.153. The van der Waals surface area contributed by atoms with Crippen LogP contribution in [0.3, 0.4) is 0 Å². The van der Waals surface area contributed by atoms with Crippen LogP contribution in [-0.4, -0.2) is 25.7 Å². The highest BCUT2D eigenvalue weighted by Crippen LogP contribution is 2.14. The van der Waals surface area contributed by atoms with Crippen LogP contribution in [0, 0.1) is 6.92 Å². The van der Waals surface area contributed by atoms with Gasteiger partial charge in [0.15, 0.2) is 5.82 Å². The zero-order valence-electron chi connectivity index (χ0n) is 11.6. The number of halogens is 1. The number of aryl methyl sites for hydroxylation is 1. The van der Waals surface area contributed by atoms with Gasteiger partial charge < -0.3 is 5.32 Å². The molecule has 3 aromatic rings. The van der Waals surface area contributed by atoms with Gasteiger partial charge in [-0.25, -0.2) is 4.98 Å². The molecule has 7 nitrogen and oxygen atoms in total. The van der Waals surface area contributed by atoms with E-state index in [1.807, 2.05) is 6.92 Å². The molecule has 1 aromatic carbocycles. The standard InChI is InChI=1S/C14H12ClN5O2/c1-8-4-12(19-18-8)17-13(21)6-20-7-16-11-3-2-9(15)5-10(11)14(20)22/h2-5,7H,6H2,1H3,(H2,17,18,19,21). The number of aromatic nitrogens is 4. The Morgan fingerprint density at radius 2 is 2.23 bits per heavy atom. The van der Waals surface area contributed by atoms with Crippen LogP contribution >= 0.6 is 11.6 Å². The normalized spacial score (nSPS) is 10.8. The van der Waals surface area contributed by atoms with Gasteiger partial charge in [0, 0.05) is 16.8 Å². The zero-order chi connectivity index (χ0) is 15.7. The van der Waals surface area contributed by atoms with Gasteiger partial charge in [-0.1, -0.05) is 11.6 Å². The number of hydrogen-bond donors (Lipinski definition) is 2. The molecule has 2 N–H and O–H groups in total. The van der Waals surface area contributed by atoms with E-state index in [0.29, 0.717) is 21.7 Å². The van der Waals surface area contributed by atoms with E-state index in [1.54, 1.807) is 18.2 Å². The van der Waals surface area contributed by atoms with Crippen molar-refractivity contribution in [2.75, 3.05) is 5.32 Å². The lowest BCUT2D eigenvalue weighted by Crippen LogP contribution is -2.28. The molecule has 8 heteroatoms. The van der Waals surface area contributed by atoms with Crippen LogP contribution in [0.15, 0.2) is 35.4 Å². The number of amides is 1. The first-order valence-electron chi connectivity index (χ1n) is 6.49. The largest absolute Gasteiger partial charge is 0.308 e. The molecule has 1 amide bonds. The number of hydrogen-bond acceptors (Lipinski definition) is 4. The van der Waals surface area contributed by atoms with Crippen molar-refractivity contribution in [2.45, 2.75) is 13.5 Å². The number of nitrogens with one attached hydrogen (secondary N) is 2. The smallest absolute Gasteiger partial charge is 0.261 e. The fourth-order valence-electron chi connectivity index (χ4n) is 2.06. The molecule has 0 saturated heterocycles. The molecule has 3 rings (SSSR count). The molecule has 22 heavy (non-hydrogen) atoms. The average molecular weight is 318 g/mol. The summed E-state index contributed by atoms with van der Waals surface area (Å²) in [4.78, 5) is 28.5. The maximum atomic E-state index is 12.3. The molecule has 0 bridgehead atoms. The van der Waals surface area contributed by atoms with Crippen LogP contribution in [-0.2, 0) is 11.3 Å². The fraction of sp³-hybridized carbons (Fsp3) is 0.143. The van der Waals surface area contributed by atoms with E-state index in [0.717, 1.165) is 5.69 Å². The maximum Gasteiger partial charge on any atom is 0.261 e. The van der Waals surface area contributed by atoms with Crippen molar-refractivity contribution < 1.29 is 4.79 Å². The van der Waals surface area contributed by atoms with E-state index in [-0.39, 0.29) is 18.0 Å². The summed E-state index contributed by atoms with van der Waals surface area (Å²) in [6.45, 7) is 1.67. The molecule has 0 aliphatic carbocycles. The van der Waals surface area contributed by atoms with E-state index < -0.39 is 0 Å². The van der Waals surface area contributed by atoms with Crippen molar-refractivity contribution in [3.63, 3.8) is 0 Å². The van der Waals surface area contributed by atoms with Crippen molar-refractivity contribution in [2.24, 2.45) is 0 Å². The zero-order valence-corrected chi connectivity index (χ0v) is 12.4. The summed E-state index contributed by atoms with van der Waals surface area (Å²) in [5.74, 6) is 0.0455. The second-order valence-electron chi connectivity index (χ2n) is 4.82. The third-order valence-electron chi connectivity index (χ3n) is 3.07. The summed E-state index contributed by atoms with van der Waals surface area (Å²) in [6.07, 6.45) is 1.34. The number of aromatic amines is 1. The van der Waals surface area contributed by atoms with Gasteiger partial charge in [0.2, 0.25) is 5.91 Å². The Labute approximate surface area is 129 Å². The summed E-state index contributed by atoms with van der Waals surface area (Å²) in [5, 5.41) is 10.0. The van der Waals surface area contributed by atoms with Crippen LogP contribution < -0.4 is 10.9 Å². The molecule has 0 fully saturated rings. The predicted octanol–water partition coefficient (Wildman–Crippen LogP) is 1.72. The van der Waals surface area contributed by atoms with Crippen molar-refractivity contribution in [3.8, 4) is 0 Å². The van der Waals surface area contributed by atoms with Gasteiger partial charge in [-0.05, 0) is 25.1 Å². The molecule has 0 saturated carbocycles. The number of fused-ring (bicyclic) bond motifs is 1. The second-order valence-corrected chi connectivity index (χ2v) is 5.26. The number of benzene rings is 1. The lowest BCUT2D eigenvalue weighted by atomic mass is 10.2. The second kappa shape index (κ2) is 5.61. The number of carbonyl (C=O) groups excluding carboxylic acids is 1. The topological polar surface area (TPSA) is 92.7 Å². The van der Waals surface area contributed by atoms with E-state index in [1.165, 1.54) is 17.0 Å². The number of anilines is 1. The molecule has 0 radical (unpaired) electrons. The van der Waals surface area contributed by atoms with Gasteiger partial charge in [0.25, 0.3) is 5.56 Å². The summed E-state index contributed by atoms with van der Waals surface area (Å²) < 4.78 is 1.23. The summed E-state index contributed by atoms with van der Waals surface area (Å²) >= 11 is 5.89. The fourth-order valence-corrected chi connectivity index (χ4v) is 2.24. The number of H-pyrrole nitrogens is 1. The first-order valence-corrected chi connectivity index (χ1v) is 6.87. The first kappa shape index (κ1) is 14.3. The molecular weight excluding hydrogens is 306 g/mol. The highest BCUT2D eigenvalue weighted by Gasteiger charge is 2.10. The number of nitrogens with zero attached hydrogens (tertiary/aromatic N) is 3. The van der Waals surface area contributed by atoms with E-state index in [9.17, 15) is 9.59 Å². The van der Waals surface area contributed by atoms with Crippen molar-refractivity contribution in [3.05, 3.63) is 51.7 Å². The summed E-state index contributed by atoms with van der Waals surface area (Å²) in [6, 6.07) is 6.56. The Hall–Kier alpha value is -2.67. The summed E-state index contributed by atoms with van der Waals surface area (Å²) in [7, 11) is 0. The van der Waals surface area contributed by atoms with Crippen molar-refractivity contribution in [1.82, 2.24) is 19.7 Å². The molecule has 112 valence electrons. The molecule has 2 aromatic heterocycles. The Morgan fingerprint density at radius 3 is 2.95 bits per heavy atom. The first-order chi connectivity index (χ1) is 10.5. The molecular formula is C14H12ClN5O2. The molecule has 0 aliphatic rings. The van der Waals surface area contributed by atoms with Crippen LogP contribution in [0.2, 0.25) is 5.02 Å².